The Morgan fingerprint density at radius 3 is 2.73 bits per heavy atom. The lowest BCUT2D eigenvalue weighted by Crippen LogP contribution is -2.34. The van der Waals surface area contributed by atoms with Gasteiger partial charge in [-0.3, -0.25) is 9.59 Å². The molecule has 22 heavy (non-hydrogen) atoms. The molecule has 0 aromatic rings. The van der Waals surface area contributed by atoms with E-state index in [9.17, 15) is 9.59 Å². The van der Waals surface area contributed by atoms with Gasteiger partial charge >= 0.3 is 5.97 Å². The summed E-state index contributed by atoms with van der Waals surface area (Å²) in [6.45, 7) is 0.626. The van der Waals surface area contributed by atoms with Gasteiger partial charge in [-0.1, -0.05) is 18.2 Å². The molecule has 1 saturated carbocycles. The molecule has 5 heteroatoms. The standard InChI is InChI=1S/C17H24N2O3/c1-22-17(21)13-9-7-12(8-10-13)11-19-16(20)14-5-3-2-4-6-15(14)18/h2-3,5-6,12-13H,4,7-11,18H2,1H3,(H,19,20). The average Bonchev–Trinajstić information content (AvgIpc) is 2.77. The van der Waals surface area contributed by atoms with Gasteiger partial charge < -0.3 is 15.8 Å². The number of hydrogen-bond acceptors (Lipinski definition) is 4. The van der Waals surface area contributed by atoms with Gasteiger partial charge in [0.25, 0.3) is 5.91 Å². The molecule has 0 aromatic heterocycles. The molecule has 120 valence electrons. The molecule has 0 aliphatic heterocycles. The van der Waals surface area contributed by atoms with E-state index in [0.29, 0.717) is 23.7 Å². The maximum atomic E-state index is 12.2. The minimum absolute atomic E-state index is 0.0187. The summed E-state index contributed by atoms with van der Waals surface area (Å²) < 4.78 is 4.78. The third kappa shape index (κ3) is 4.23. The fourth-order valence-corrected chi connectivity index (χ4v) is 2.95. The highest BCUT2D eigenvalue weighted by atomic mass is 16.5. The predicted molar refractivity (Wildman–Crippen MR) is 84.6 cm³/mol. The number of rotatable bonds is 4. The molecule has 2 aliphatic carbocycles. The Morgan fingerprint density at radius 2 is 2.05 bits per heavy atom. The summed E-state index contributed by atoms with van der Waals surface area (Å²) in [5, 5.41) is 2.96. The Morgan fingerprint density at radius 1 is 1.32 bits per heavy atom. The predicted octanol–water partition coefficient (Wildman–Crippen LogP) is 1.81. The second kappa shape index (κ2) is 7.82. The van der Waals surface area contributed by atoms with Crippen LogP contribution in [0.25, 0.3) is 0 Å². The Kier molecular flexibility index (Phi) is 5.81. The number of ether oxygens (including phenoxy) is 1. The normalized spacial score (nSPS) is 24.8. The molecule has 1 fully saturated rings. The topological polar surface area (TPSA) is 81.4 Å². The lowest BCUT2D eigenvalue weighted by Gasteiger charge is -2.27. The summed E-state index contributed by atoms with van der Waals surface area (Å²) in [7, 11) is 1.43. The van der Waals surface area contributed by atoms with Crippen molar-refractivity contribution in [1.29, 1.82) is 0 Å². The van der Waals surface area contributed by atoms with Gasteiger partial charge in [-0.05, 0) is 44.1 Å². The maximum Gasteiger partial charge on any atom is 0.308 e. The van der Waals surface area contributed by atoms with Crippen LogP contribution in [0.5, 0.6) is 0 Å². The van der Waals surface area contributed by atoms with Crippen LogP contribution in [0, 0.1) is 11.8 Å². The molecule has 0 saturated heterocycles. The van der Waals surface area contributed by atoms with E-state index in [4.69, 9.17) is 10.5 Å². The molecule has 5 nitrogen and oxygen atoms in total. The summed E-state index contributed by atoms with van der Waals surface area (Å²) >= 11 is 0. The number of allylic oxidation sites excluding steroid dienone is 4. The first kappa shape index (κ1) is 16.3. The summed E-state index contributed by atoms with van der Waals surface area (Å²) in [5.41, 5.74) is 6.95. The Bertz CT molecular complexity index is 512. The summed E-state index contributed by atoms with van der Waals surface area (Å²) in [5.74, 6) is 0.188. The van der Waals surface area contributed by atoms with Crippen LogP contribution in [0.2, 0.25) is 0 Å². The first-order valence-electron chi connectivity index (χ1n) is 7.80. The molecular weight excluding hydrogens is 280 g/mol. The zero-order chi connectivity index (χ0) is 15.9. The zero-order valence-corrected chi connectivity index (χ0v) is 13.0. The van der Waals surface area contributed by atoms with Crippen LogP contribution in [0.15, 0.2) is 35.6 Å². The van der Waals surface area contributed by atoms with E-state index in [1.807, 2.05) is 18.2 Å². The summed E-state index contributed by atoms with van der Waals surface area (Å²) in [6, 6.07) is 0. The molecule has 2 rings (SSSR count). The molecule has 0 heterocycles. The van der Waals surface area contributed by atoms with Crippen molar-refractivity contribution in [1.82, 2.24) is 5.32 Å². The second-order valence-electron chi connectivity index (χ2n) is 5.85. The van der Waals surface area contributed by atoms with Crippen LogP contribution in [0.1, 0.15) is 32.1 Å². The molecule has 0 radical (unpaired) electrons. The van der Waals surface area contributed by atoms with E-state index >= 15 is 0 Å². The quantitative estimate of drug-likeness (QED) is 0.776. The van der Waals surface area contributed by atoms with E-state index in [2.05, 4.69) is 5.32 Å². The second-order valence-corrected chi connectivity index (χ2v) is 5.85. The van der Waals surface area contributed by atoms with E-state index in [1.165, 1.54) is 7.11 Å². The largest absolute Gasteiger partial charge is 0.469 e. The molecule has 0 bridgehead atoms. The number of nitrogens with two attached hydrogens (primary N) is 1. The Hall–Kier alpha value is -2.04. The van der Waals surface area contributed by atoms with E-state index < -0.39 is 0 Å². The van der Waals surface area contributed by atoms with Crippen LogP contribution >= 0.6 is 0 Å². The highest BCUT2D eigenvalue weighted by Gasteiger charge is 2.27. The average molecular weight is 304 g/mol. The lowest BCUT2D eigenvalue weighted by molar-refractivity contribution is -0.146. The van der Waals surface area contributed by atoms with E-state index in [1.54, 1.807) is 6.08 Å². The lowest BCUT2D eigenvalue weighted by atomic mass is 9.82. The maximum absolute atomic E-state index is 12.2. The summed E-state index contributed by atoms with van der Waals surface area (Å²) in [4.78, 5) is 23.7. The van der Waals surface area contributed by atoms with Crippen molar-refractivity contribution in [2.75, 3.05) is 13.7 Å². The molecule has 0 aromatic carbocycles. The van der Waals surface area contributed by atoms with Gasteiger partial charge in [0.2, 0.25) is 0 Å². The van der Waals surface area contributed by atoms with Crippen molar-refractivity contribution in [2.24, 2.45) is 17.6 Å². The van der Waals surface area contributed by atoms with Crippen LogP contribution in [-0.4, -0.2) is 25.5 Å². The Balaban J connectivity index is 1.79. The molecule has 0 atom stereocenters. The molecule has 2 aliphatic rings. The number of amides is 1. The van der Waals surface area contributed by atoms with Crippen molar-refractivity contribution < 1.29 is 14.3 Å². The molecular formula is C17H24N2O3. The van der Waals surface area contributed by atoms with Gasteiger partial charge in [0.15, 0.2) is 0 Å². The van der Waals surface area contributed by atoms with Crippen molar-refractivity contribution in [3.63, 3.8) is 0 Å². The first-order valence-corrected chi connectivity index (χ1v) is 7.80. The van der Waals surface area contributed by atoms with Gasteiger partial charge in [0, 0.05) is 12.2 Å². The van der Waals surface area contributed by atoms with Gasteiger partial charge in [-0.15, -0.1) is 0 Å². The van der Waals surface area contributed by atoms with Crippen LogP contribution in [-0.2, 0) is 14.3 Å². The fourth-order valence-electron chi connectivity index (χ4n) is 2.95. The fraction of sp³-hybridized carbons (Fsp3) is 0.529. The number of carbonyl (C=O) groups excluding carboxylic acids is 2. The third-order valence-electron chi connectivity index (χ3n) is 4.36. The minimum atomic E-state index is -0.129. The Labute approximate surface area is 131 Å². The van der Waals surface area contributed by atoms with Gasteiger partial charge in [-0.2, -0.15) is 0 Å². The van der Waals surface area contributed by atoms with Gasteiger partial charge in [0.05, 0.1) is 18.6 Å². The van der Waals surface area contributed by atoms with Gasteiger partial charge in [-0.25, -0.2) is 0 Å². The van der Waals surface area contributed by atoms with Gasteiger partial charge in [0.1, 0.15) is 0 Å². The number of nitrogens with one attached hydrogen (secondary N) is 1. The van der Waals surface area contributed by atoms with E-state index in [0.717, 1.165) is 32.1 Å². The highest BCUT2D eigenvalue weighted by Crippen LogP contribution is 2.29. The van der Waals surface area contributed by atoms with Crippen molar-refractivity contribution >= 4 is 11.9 Å². The van der Waals surface area contributed by atoms with Crippen LogP contribution in [0.3, 0.4) is 0 Å². The highest BCUT2D eigenvalue weighted by molar-refractivity contribution is 5.97. The summed E-state index contributed by atoms with van der Waals surface area (Å²) in [6.07, 6.45) is 11.7. The van der Waals surface area contributed by atoms with E-state index in [-0.39, 0.29) is 17.8 Å². The number of esters is 1. The van der Waals surface area contributed by atoms with Crippen LogP contribution in [0.4, 0.5) is 0 Å². The minimum Gasteiger partial charge on any atom is -0.469 e. The zero-order valence-electron chi connectivity index (χ0n) is 13.0. The number of carbonyl (C=O) groups is 2. The molecule has 0 unspecified atom stereocenters. The van der Waals surface area contributed by atoms with Crippen molar-refractivity contribution in [2.45, 2.75) is 32.1 Å². The smallest absolute Gasteiger partial charge is 0.308 e. The first-order chi connectivity index (χ1) is 10.6. The SMILES string of the molecule is COC(=O)C1CCC(CNC(=O)C2=CC=CCC=C2N)CC1. The van der Waals surface area contributed by atoms with Crippen molar-refractivity contribution in [3.05, 3.63) is 35.6 Å². The number of methoxy groups -OCH3 is 1. The third-order valence-corrected chi connectivity index (χ3v) is 4.36. The monoisotopic (exact) mass is 304 g/mol. The molecule has 3 N–H and O–H groups in total. The number of hydrogen-bond donors (Lipinski definition) is 2. The van der Waals surface area contributed by atoms with Crippen LogP contribution < -0.4 is 11.1 Å². The molecule has 0 spiro atoms. The van der Waals surface area contributed by atoms with Crippen molar-refractivity contribution in [3.8, 4) is 0 Å². The molecule has 1 amide bonds.